The van der Waals surface area contributed by atoms with Gasteiger partial charge in [-0.2, -0.15) is 0 Å². The van der Waals surface area contributed by atoms with Crippen LogP contribution in [0, 0.1) is 6.92 Å². The van der Waals surface area contributed by atoms with Crippen molar-refractivity contribution in [2.45, 2.75) is 6.92 Å². The third-order valence-electron chi connectivity index (χ3n) is 1.84. The third kappa shape index (κ3) is 1.42. The molecule has 0 bridgehead atoms. The zero-order chi connectivity index (χ0) is 10.1. The molecule has 4 heteroatoms. The van der Waals surface area contributed by atoms with Crippen LogP contribution >= 0.6 is 0 Å². The highest BCUT2D eigenvalue weighted by Crippen LogP contribution is 2.29. The van der Waals surface area contributed by atoms with Crippen LogP contribution in [-0.4, -0.2) is 15.2 Å². The van der Waals surface area contributed by atoms with E-state index in [1.165, 1.54) is 12.1 Å². The molecule has 0 aliphatic carbocycles. The second kappa shape index (κ2) is 3.06. The first-order valence-corrected chi connectivity index (χ1v) is 4.11. The van der Waals surface area contributed by atoms with Gasteiger partial charge >= 0.3 is 0 Å². The molecule has 0 atom stereocenters. The second-order valence-electron chi connectivity index (χ2n) is 2.98. The molecule has 14 heavy (non-hydrogen) atoms. The third-order valence-corrected chi connectivity index (χ3v) is 1.84. The minimum atomic E-state index is -0.182. The maximum atomic E-state index is 9.25. The summed E-state index contributed by atoms with van der Waals surface area (Å²) < 4.78 is 5.26. The van der Waals surface area contributed by atoms with Crippen molar-refractivity contribution in [2.24, 2.45) is 0 Å². The van der Waals surface area contributed by atoms with Crippen molar-refractivity contribution in [1.82, 2.24) is 4.98 Å². The summed E-state index contributed by atoms with van der Waals surface area (Å²) in [5, 5.41) is 18.3. The van der Waals surface area contributed by atoms with Crippen LogP contribution in [0.5, 0.6) is 11.5 Å². The lowest BCUT2D eigenvalue weighted by Gasteiger charge is -1.98. The van der Waals surface area contributed by atoms with Crippen LogP contribution in [0.4, 0.5) is 0 Å². The predicted molar refractivity (Wildman–Crippen MR) is 50.0 cm³/mol. The Kier molecular flexibility index (Phi) is 1.89. The summed E-state index contributed by atoms with van der Waals surface area (Å²) in [5.41, 5.74) is 0.633. The number of aryl methyl sites for hydroxylation is 1. The lowest BCUT2D eigenvalue weighted by molar-refractivity contribution is 0.403. The number of rotatable bonds is 1. The summed E-state index contributed by atoms with van der Waals surface area (Å²) in [6.45, 7) is 1.79. The number of benzene rings is 1. The summed E-state index contributed by atoms with van der Waals surface area (Å²) >= 11 is 0. The molecule has 2 aromatic rings. The minimum Gasteiger partial charge on any atom is -0.504 e. The first-order valence-electron chi connectivity index (χ1n) is 4.11. The van der Waals surface area contributed by atoms with E-state index in [2.05, 4.69) is 4.98 Å². The standard InChI is InChI=1S/C10H9NO3/c1-6-5-11-10(14-6)7-2-3-8(12)9(13)4-7/h2-5,12-13H,1H3. The molecular formula is C10H9NO3. The van der Waals surface area contributed by atoms with Gasteiger partial charge in [-0.1, -0.05) is 0 Å². The zero-order valence-corrected chi connectivity index (χ0v) is 7.56. The quantitative estimate of drug-likeness (QED) is 0.677. The van der Waals surface area contributed by atoms with Crippen LogP contribution in [0.2, 0.25) is 0 Å². The van der Waals surface area contributed by atoms with Gasteiger partial charge in [0, 0.05) is 5.56 Å². The van der Waals surface area contributed by atoms with E-state index in [0.29, 0.717) is 17.2 Å². The smallest absolute Gasteiger partial charge is 0.226 e. The molecule has 0 fully saturated rings. The van der Waals surface area contributed by atoms with E-state index < -0.39 is 0 Å². The molecule has 0 saturated heterocycles. The molecule has 4 nitrogen and oxygen atoms in total. The Bertz CT molecular complexity index is 462. The zero-order valence-electron chi connectivity index (χ0n) is 7.56. The van der Waals surface area contributed by atoms with Crippen LogP contribution in [-0.2, 0) is 0 Å². The summed E-state index contributed by atoms with van der Waals surface area (Å²) in [4.78, 5) is 4.00. The Morgan fingerprint density at radius 3 is 2.57 bits per heavy atom. The number of phenolic OH excluding ortho intramolecular Hbond substituents is 2. The number of hydrogen-bond acceptors (Lipinski definition) is 4. The fraction of sp³-hybridized carbons (Fsp3) is 0.100. The average molecular weight is 191 g/mol. The SMILES string of the molecule is Cc1cnc(-c2ccc(O)c(O)c2)o1. The molecule has 1 aromatic heterocycles. The van der Waals surface area contributed by atoms with Gasteiger partial charge in [-0.15, -0.1) is 0 Å². The topological polar surface area (TPSA) is 66.5 Å². The summed E-state index contributed by atoms with van der Waals surface area (Å²) in [7, 11) is 0. The minimum absolute atomic E-state index is 0.156. The first kappa shape index (κ1) is 8.62. The lowest BCUT2D eigenvalue weighted by atomic mass is 10.2. The molecule has 1 aromatic carbocycles. The predicted octanol–water partition coefficient (Wildman–Crippen LogP) is 2.06. The second-order valence-corrected chi connectivity index (χ2v) is 2.98. The van der Waals surface area contributed by atoms with Gasteiger partial charge in [0.2, 0.25) is 5.89 Å². The molecule has 0 saturated carbocycles. The lowest BCUT2D eigenvalue weighted by Crippen LogP contribution is -1.76. The molecule has 2 rings (SSSR count). The van der Waals surface area contributed by atoms with E-state index in [4.69, 9.17) is 9.52 Å². The maximum Gasteiger partial charge on any atom is 0.226 e. The molecule has 0 unspecified atom stereocenters. The molecule has 0 spiro atoms. The number of aromatic hydroxyl groups is 2. The highest BCUT2D eigenvalue weighted by molar-refractivity contribution is 5.59. The van der Waals surface area contributed by atoms with Crippen LogP contribution in [0.15, 0.2) is 28.8 Å². The maximum absolute atomic E-state index is 9.25. The Morgan fingerprint density at radius 2 is 2.00 bits per heavy atom. The van der Waals surface area contributed by atoms with E-state index in [0.717, 1.165) is 0 Å². The largest absolute Gasteiger partial charge is 0.504 e. The summed E-state index contributed by atoms with van der Waals surface area (Å²) in [6.07, 6.45) is 1.60. The van der Waals surface area contributed by atoms with Gasteiger partial charge in [0.15, 0.2) is 11.5 Å². The van der Waals surface area contributed by atoms with Crippen molar-refractivity contribution in [3.63, 3.8) is 0 Å². The number of nitrogens with zero attached hydrogens (tertiary/aromatic N) is 1. The molecule has 0 aliphatic heterocycles. The van der Waals surface area contributed by atoms with Gasteiger partial charge in [-0.3, -0.25) is 0 Å². The van der Waals surface area contributed by atoms with E-state index >= 15 is 0 Å². The normalized spacial score (nSPS) is 10.4. The van der Waals surface area contributed by atoms with Crippen molar-refractivity contribution >= 4 is 0 Å². The molecule has 0 radical (unpaired) electrons. The Hall–Kier alpha value is -1.97. The summed E-state index contributed by atoms with van der Waals surface area (Å²) in [6, 6.07) is 4.42. The summed E-state index contributed by atoms with van der Waals surface area (Å²) in [5.74, 6) is 0.792. The van der Waals surface area contributed by atoms with Crippen LogP contribution in [0.3, 0.4) is 0 Å². The van der Waals surface area contributed by atoms with Crippen molar-refractivity contribution < 1.29 is 14.6 Å². The highest BCUT2D eigenvalue weighted by atomic mass is 16.4. The fourth-order valence-corrected chi connectivity index (χ4v) is 1.14. The monoisotopic (exact) mass is 191 g/mol. The molecule has 0 aliphatic rings. The Morgan fingerprint density at radius 1 is 1.21 bits per heavy atom. The van der Waals surface area contributed by atoms with E-state index in [-0.39, 0.29) is 11.5 Å². The van der Waals surface area contributed by atoms with Gasteiger partial charge in [0.1, 0.15) is 5.76 Å². The van der Waals surface area contributed by atoms with Gasteiger partial charge in [-0.25, -0.2) is 4.98 Å². The van der Waals surface area contributed by atoms with Crippen LogP contribution < -0.4 is 0 Å². The Labute approximate surface area is 80.5 Å². The first-order chi connectivity index (χ1) is 6.66. The molecule has 2 N–H and O–H groups in total. The van der Waals surface area contributed by atoms with E-state index in [1.807, 2.05) is 0 Å². The van der Waals surface area contributed by atoms with Gasteiger partial charge < -0.3 is 14.6 Å². The number of aromatic nitrogens is 1. The Balaban J connectivity index is 2.47. The van der Waals surface area contributed by atoms with Crippen molar-refractivity contribution in [2.75, 3.05) is 0 Å². The van der Waals surface area contributed by atoms with Crippen LogP contribution in [0.25, 0.3) is 11.5 Å². The van der Waals surface area contributed by atoms with Crippen molar-refractivity contribution in [3.8, 4) is 23.0 Å². The van der Waals surface area contributed by atoms with E-state index in [9.17, 15) is 5.11 Å². The molecular weight excluding hydrogens is 182 g/mol. The number of hydrogen-bond donors (Lipinski definition) is 2. The molecule has 0 amide bonds. The van der Waals surface area contributed by atoms with Crippen LogP contribution in [0.1, 0.15) is 5.76 Å². The van der Waals surface area contributed by atoms with E-state index in [1.54, 1.807) is 19.2 Å². The number of oxazole rings is 1. The molecule has 72 valence electrons. The van der Waals surface area contributed by atoms with Gasteiger partial charge in [0.25, 0.3) is 0 Å². The average Bonchev–Trinajstić information content (AvgIpc) is 2.57. The van der Waals surface area contributed by atoms with Gasteiger partial charge in [-0.05, 0) is 25.1 Å². The van der Waals surface area contributed by atoms with Gasteiger partial charge in [0.05, 0.1) is 6.20 Å². The highest BCUT2D eigenvalue weighted by Gasteiger charge is 2.07. The number of phenols is 2. The van der Waals surface area contributed by atoms with Crippen molar-refractivity contribution in [3.05, 3.63) is 30.2 Å². The fourth-order valence-electron chi connectivity index (χ4n) is 1.14. The molecule has 1 heterocycles. The van der Waals surface area contributed by atoms with Crippen molar-refractivity contribution in [1.29, 1.82) is 0 Å².